The summed E-state index contributed by atoms with van der Waals surface area (Å²) in [5, 5.41) is 0. The van der Waals surface area contributed by atoms with Crippen LogP contribution in [-0.4, -0.2) is 33.4 Å². The van der Waals surface area contributed by atoms with E-state index in [1.807, 2.05) is 6.20 Å². The molecule has 24 heavy (non-hydrogen) atoms. The molecule has 0 aliphatic carbocycles. The van der Waals surface area contributed by atoms with E-state index in [-0.39, 0.29) is 6.04 Å². The fraction of sp³-hybridized carbons (Fsp3) is 0.316. The molecule has 0 unspecified atom stereocenters. The SMILES string of the molecule is Cc1cc(Br)cn2c(CN3C[C@@H](N)[C@H](c4ccccc4)C3)cnc12. The van der Waals surface area contributed by atoms with Gasteiger partial charge in [-0.3, -0.25) is 4.90 Å². The molecule has 0 saturated carbocycles. The second kappa shape index (κ2) is 6.31. The van der Waals surface area contributed by atoms with Crippen LogP contribution in [0.1, 0.15) is 22.7 Å². The monoisotopic (exact) mass is 384 g/mol. The predicted octanol–water partition coefficient (Wildman–Crippen LogP) is 3.33. The van der Waals surface area contributed by atoms with Crippen LogP contribution in [0.5, 0.6) is 0 Å². The molecule has 1 aliphatic heterocycles. The number of hydrogen-bond donors (Lipinski definition) is 1. The Kier molecular flexibility index (Phi) is 4.16. The van der Waals surface area contributed by atoms with Crippen molar-refractivity contribution in [3.05, 3.63) is 70.1 Å². The first-order chi connectivity index (χ1) is 11.6. The van der Waals surface area contributed by atoms with Gasteiger partial charge in [0, 0.05) is 42.3 Å². The van der Waals surface area contributed by atoms with Crippen molar-refractivity contribution in [3.63, 3.8) is 0 Å². The summed E-state index contributed by atoms with van der Waals surface area (Å²) in [5.74, 6) is 0.402. The molecule has 4 nitrogen and oxygen atoms in total. The molecule has 2 atom stereocenters. The van der Waals surface area contributed by atoms with E-state index in [4.69, 9.17) is 5.73 Å². The van der Waals surface area contributed by atoms with Crippen molar-refractivity contribution < 1.29 is 0 Å². The van der Waals surface area contributed by atoms with Gasteiger partial charge >= 0.3 is 0 Å². The lowest BCUT2D eigenvalue weighted by molar-refractivity contribution is 0.319. The maximum absolute atomic E-state index is 6.42. The van der Waals surface area contributed by atoms with Crippen LogP contribution in [0.2, 0.25) is 0 Å². The Morgan fingerprint density at radius 1 is 1.25 bits per heavy atom. The summed E-state index contributed by atoms with van der Waals surface area (Å²) < 4.78 is 3.26. The van der Waals surface area contributed by atoms with E-state index in [9.17, 15) is 0 Å². The van der Waals surface area contributed by atoms with Gasteiger partial charge in [0.1, 0.15) is 5.65 Å². The molecule has 2 aromatic heterocycles. The highest BCUT2D eigenvalue weighted by Crippen LogP contribution is 2.28. The molecule has 1 fully saturated rings. The van der Waals surface area contributed by atoms with Crippen LogP contribution in [0.25, 0.3) is 5.65 Å². The summed E-state index contributed by atoms with van der Waals surface area (Å²) in [7, 11) is 0. The minimum Gasteiger partial charge on any atom is -0.326 e. The van der Waals surface area contributed by atoms with Gasteiger partial charge in [-0.1, -0.05) is 30.3 Å². The lowest BCUT2D eigenvalue weighted by Crippen LogP contribution is -2.28. The summed E-state index contributed by atoms with van der Waals surface area (Å²) in [6.07, 6.45) is 4.07. The number of halogens is 1. The van der Waals surface area contributed by atoms with E-state index in [1.165, 1.54) is 16.8 Å². The number of benzene rings is 1. The van der Waals surface area contributed by atoms with Crippen LogP contribution in [-0.2, 0) is 6.54 Å². The average Bonchev–Trinajstić information content (AvgIpc) is 3.13. The molecule has 1 saturated heterocycles. The highest BCUT2D eigenvalue weighted by molar-refractivity contribution is 9.10. The molecule has 1 aromatic carbocycles. The van der Waals surface area contributed by atoms with Crippen molar-refractivity contribution in [2.45, 2.75) is 25.4 Å². The molecule has 3 aromatic rings. The number of hydrogen-bond acceptors (Lipinski definition) is 3. The van der Waals surface area contributed by atoms with E-state index < -0.39 is 0 Å². The Labute approximate surface area is 150 Å². The fourth-order valence-corrected chi connectivity index (χ4v) is 4.25. The highest BCUT2D eigenvalue weighted by atomic mass is 79.9. The third-order valence-corrected chi connectivity index (χ3v) is 5.32. The number of imidazole rings is 1. The summed E-state index contributed by atoms with van der Waals surface area (Å²) >= 11 is 3.58. The third-order valence-electron chi connectivity index (χ3n) is 4.89. The van der Waals surface area contributed by atoms with Gasteiger partial charge in [0.15, 0.2) is 0 Å². The van der Waals surface area contributed by atoms with Crippen LogP contribution >= 0.6 is 15.9 Å². The number of pyridine rings is 1. The van der Waals surface area contributed by atoms with E-state index in [0.29, 0.717) is 5.92 Å². The Bertz CT molecular complexity index is 858. The Hall–Kier alpha value is -1.69. The summed E-state index contributed by atoms with van der Waals surface area (Å²) in [5.41, 5.74) is 11.2. The van der Waals surface area contributed by atoms with Gasteiger partial charge in [0.2, 0.25) is 0 Å². The van der Waals surface area contributed by atoms with Gasteiger partial charge in [-0.2, -0.15) is 0 Å². The van der Waals surface area contributed by atoms with Gasteiger partial charge in [-0.05, 0) is 40.0 Å². The molecule has 0 bridgehead atoms. The molecule has 3 heterocycles. The smallest absolute Gasteiger partial charge is 0.139 e. The molecule has 4 rings (SSSR count). The van der Waals surface area contributed by atoms with E-state index in [1.54, 1.807) is 0 Å². The predicted molar refractivity (Wildman–Crippen MR) is 100 cm³/mol. The molecule has 0 radical (unpaired) electrons. The first-order valence-corrected chi connectivity index (χ1v) is 9.06. The van der Waals surface area contributed by atoms with Gasteiger partial charge in [-0.25, -0.2) is 4.98 Å². The van der Waals surface area contributed by atoms with Crippen molar-refractivity contribution in [3.8, 4) is 0 Å². The third kappa shape index (κ3) is 2.88. The van der Waals surface area contributed by atoms with Crippen LogP contribution in [0.3, 0.4) is 0 Å². The maximum atomic E-state index is 6.42. The average molecular weight is 385 g/mol. The van der Waals surface area contributed by atoms with Crippen LogP contribution in [0, 0.1) is 6.92 Å². The first-order valence-electron chi connectivity index (χ1n) is 8.27. The lowest BCUT2D eigenvalue weighted by atomic mass is 9.95. The molecular weight excluding hydrogens is 364 g/mol. The standard InChI is InChI=1S/C19H21BrN4/c1-13-7-15(20)9-24-16(8-22-19(13)24)10-23-11-17(18(21)12-23)14-5-3-2-4-6-14/h2-9,17-18H,10-12,21H2,1H3/t17-,18+/m0/s1. The van der Waals surface area contributed by atoms with Gasteiger partial charge in [-0.15, -0.1) is 0 Å². The number of aryl methyl sites for hydroxylation is 1. The first kappa shape index (κ1) is 15.8. The van der Waals surface area contributed by atoms with Gasteiger partial charge in [0.05, 0.1) is 11.9 Å². The number of nitrogens with zero attached hydrogens (tertiary/aromatic N) is 3. The largest absolute Gasteiger partial charge is 0.326 e. The van der Waals surface area contributed by atoms with Crippen LogP contribution in [0.4, 0.5) is 0 Å². The van der Waals surface area contributed by atoms with Crippen molar-refractivity contribution >= 4 is 21.6 Å². The second-order valence-electron chi connectivity index (χ2n) is 6.66. The number of fused-ring (bicyclic) bond motifs is 1. The molecular formula is C19H21BrN4. The number of nitrogens with two attached hydrogens (primary N) is 1. The zero-order valence-corrected chi connectivity index (χ0v) is 15.3. The quantitative estimate of drug-likeness (QED) is 0.753. The Morgan fingerprint density at radius 3 is 2.83 bits per heavy atom. The fourth-order valence-electron chi connectivity index (χ4n) is 3.71. The number of rotatable bonds is 3. The maximum Gasteiger partial charge on any atom is 0.139 e. The summed E-state index contributed by atoms with van der Waals surface area (Å²) in [4.78, 5) is 7.01. The van der Waals surface area contributed by atoms with Crippen molar-refractivity contribution in [1.29, 1.82) is 0 Å². The minimum absolute atomic E-state index is 0.181. The zero-order chi connectivity index (χ0) is 16.7. The molecule has 0 amide bonds. The van der Waals surface area contributed by atoms with Gasteiger partial charge in [0.25, 0.3) is 0 Å². The van der Waals surface area contributed by atoms with E-state index >= 15 is 0 Å². The van der Waals surface area contributed by atoms with Crippen LogP contribution < -0.4 is 5.73 Å². The highest BCUT2D eigenvalue weighted by Gasteiger charge is 2.31. The molecule has 124 valence electrons. The summed E-state index contributed by atoms with van der Waals surface area (Å²) in [6, 6.07) is 12.9. The Balaban J connectivity index is 1.57. The van der Waals surface area contributed by atoms with Crippen molar-refractivity contribution in [2.75, 3.05) is 13.1 Å². The molecule has 5 heteroatoms. The lowest BCUT2D eigenvalue weighted by Gasteiger charge is -2.16. The number of aromatic nitrogens is 2. The molecule has 0 spiro atoms. The van der Waals surface area contributed by atoms with Gasteiger partial charge < -0.3 is 10.1 Å². The zero-order valence-electron chi connectivity index (χ0n) is 13.7. The van der Waals surface area contributed by atoms with Crippen molar-refractivity contribution in [2.24, 2.45) is 5.73 Å². The van der Waals surface area contributed by atoms with Crippen LogP contribution in [0.15, 0.2) is 53.3 Å². The van der Waals surface area contributed by atoms with E-state index in [0.717, 1.165) is 29.8 Å². The number of likely N-dealkylation sites (tertiary alicyclic amines) is 1. The summed E-state index contributed by atoms with van der Waals surface area (Å²) in [6.45, 7) is 4.87. The topological polar surface area (TPSA) is 46.6 Å². The minimum atomic E-state index is 0.181. The molecule has 2 N–H and O–H groups in total. The normalized spacial score (nSPS) is 21.6. The van der Waals surface area contributed by atoms with E-state index in [2.05, 4.69) is 79.7 Å². The van der Waals surface area contributed by atoms with Crippen molar-refractivity contribution in [1.82, 2.24) is 14.3 Å². The Morgan fingerprint density at radius 2 is 2.04 bits per heavy atom. The second-order valence-corrected chi connectivity index (χ2v) is 7.58. The molecule has 1 aliphatic rings.